The molecule has 1 fully saturated rings. The van der Waals surface area contributed by atoms with Crippen LogP contribution in [-0.4, -0.2) is 60.3 Å². The molecule has 2 aromatic heterocycles. The first-order chi connectivity index (χ1) is 14.5. The van der Waals surface area contributed by atoms with Crippen LogP contribution in [0.15, 0.2) is 39.8 Å². The van der Waals surface area contributed by atoms with Crippen molar-refractivity contribution in [3.05, 3.63) is 58.1 Å². The van der Waals surface area contributed by atoms with E-state index in [0.29, 0.717) is 45.1 Å². The van der Waals surface area contributed by atoms with Crippen molar-refractivity contribution >= 4 is 22.7 Å². The normalized spacial score (nSPS) is 14.5. The Morgan fingerprint density at radius 1 is 1.20 bits per heavy atom. The topological polar surface area (TPSA) is 80.8 Å². The van der Waals surface area contributed by atoms with Crippen molar-refractivity contribution in [2.75, 3.05) is 44.8 Å². The van der Waals surface area contributed by atoms with Crippen LogP contribution in [0.3, 0.4) is 0 Å². The number of carbonyl (C=O) groups excluding carboxylic acids is 1. The lowest BCUT2D eigenvalue weighted by Gasteiger charge is -2.36. The smallest absolute Gasteiger partial charge is 0.265 e. The number of amides is 1. The number of hydrogen-bond donors (Lipinski definition) is 0. The summed E-state index contributed by atoms with van der Waals surface area (Å²) in [7, 11) is 1.56. The fourth-order valence-corrected chi connectivity index (χ4v) is 3.72. The first-order valence-corrected chi connectivity index (χ1v) is 9.77. The van der Waals surface area contributed by atoms with Gasteiger partial charge in [0, 0.05) is 39.0 Å². The van der Waals surface area contributed by atoms with Gasteiger partial charge in [-0.15, -0.1) is 0 Å². The highest BCUT2D eigenvalue weighted by Crippen LogP contribution is 2.24. The monoisotopic (exact) mass is 414 g/mol. The van der Waals surface area contributed by atoms with E-state index in [0.717, 1.165) is 5.69 Å². The highest BCUT2D eigenvalue weighted by molar-refractivity contribution is 6.06. The molecule has 0 saturated carbocycles. The SMILES string of the molecule is COCCn1cnc2oc(C)c(C(=O)N3CCN(c4ccc(F)cc4)CC3)c2c1=O. The lowest BCUT2D eigenvalue weighted by Crippen LogP contribution is -2.49. The van der Waals surface area contributed by atoms with E-state index in [4.69, 9.17) is 9.15 Å². The molecule has 9 heteroatoms. The van der Waals surface area contributed by atoms with Crippen molar-refractivity contribution in [3.8, 4) is 0 Å². The van der Waals surface area contributed by atoms with Crippen LogP contribution in [0.5, 0.6) is 0 Å². The third-order valence-corrected chi connectivity index (χ3v) is 5.36. The molecule has 0 radical (unpaired) electrons. The molecule has 1 aliphatic heterocycles. The zero-order valence-corrected chi connectivity index (χ0v) is 16.9. The van der Waals surface area contributed by atoms with Crippen LogP contribution < -0.4 is 10.5 Å². The molecule has 158 valence electrons. The molecule has 1 aromatic carbocycles. The third kappa shape index (κ3) is 3.68. The van der Waals surface area contributed by atoms with Gasteiger partial charge in [0.05, 0.1) is 18.7 Å². The molecule has 4 rings (SSSR count). The standard InChI is InChI=1S/C21H23FN4O4/c1-14-17(18-19(30-14)23-13-26(21(18)28)11-12-29-2)20(27)25-9-7-24(8-10-25)16-5-3-15(22)4-6-16/h3-6,13H,7-12H2,1-2H3. The van der Waals surface area contributed by atoms with Crippen LogP contribution >= 0.6 is 0 Å². The molecule has 1 aliphatic rings. The predicted octanol–water partition coefficient (Wildman–Crippen LogP) is 2.05. The van der Waals surface area contributed by atoms with E-state index in [1.807, 2.05) is 0 Å². The maximum absolute atomic E-state index is 13.3. The Morgan fingerprint density at radius 3 is 2.57 bits per heavy atom. The molecule has 3 aromatic rings. The quantitative estimate of drug-likeness (QED) is 0.636. The molecular formula is C21H23FN4O4. The summed E-state index contributed by atoms with van der Waals surface area (Å²) in [6.45, 7) is 4.57. The van der Waals surface area contributed by atoms with Gasteiger partial charge in [0.25, 0.3) is 11.5 Å². The fourth-order valence-electron chi connectivity index (χ4n) is 3.72. The van der Waals surface area contributed by atoms with Gasteiger partial charge in [0.2, 0.25) is 5.71 Å². The average Bonchev–Trinajstić information content (AvgIpc) is 3.10. The van der Waals surface area contributed by atoms with Gasteiger partial charge in [-0.25, -0.2) is 9.37 Å². The van der Waals surface area contributed by atoms with Gasteiger partial charge in [-0.2, -0.15) is 0 Å². The average molecular weight is 414 g/mol. The van der Waals surface area contributed by atoms with Crippen LogP contribution in [0.4, 0.5) is 10.1 Å². The molecule has 0 aliphatic carbocycles. The molecule has 8 nitrogen and oxygen atoms in total. The van der Waals surface area contributed by atoms with Crippen molar-refractivity contribution in [2.24, 2.45) is 0 Å². The maximum Gasteiger partial charge on any atom is 0.265 e. The van der Waals surface area contributed by atoms with Crippen molar-refractivity contribution in [3.63, 3.8) is 0 Å². The van der Waals surface area contributed by atoms with Gasteiger partial charge in [-0.1, -0.05) is 0 Å². The molecule has 3 heterocycles. The number of aryl methyl sites for hydroxylation is 1. The second-order valence-electron chi connectivity index (χ2n) is 7.20. The summed E-state index contributed by atoms with van der Waals surface area (Å²) in [5, 5.41) is 0.206. The Bertz CT molecular complexity index is 1110. The van der Waals surface area contributed by atoms with Gasteiger partial charge < -0.3 is 19.0 Å². The first kappa shape index (κ1) is 20.1. The number of piperazine rings is 1. The highest BCUT2D eigenvalue weighted by atomic mass is 19.1. The van der Waals surface area contributed by atoms with E-state index >= 15 is 0 Å². The van der Waals surface area contributed by atoms with Crippen LogP contribution in [0.2, 0.25) is 0 Å². The number of benzene rings is 1. The summed E-state index contributed by atoms with van der Waals surface area (Å²) >= 11 is 0. The molecule has 1 amide bonds. The molecule has 0 unspecified atom stereocenters. The van der Waals surface area contributed by atoms with Crippen molar-refractivity contribution in [1.82, 2.24) is 14.5 Å². The maximum atomic E-state index is 13.3. The number of halogens is 1. The molecule has 0 atom stereocenters. The van der Waals surface area contributed by atoms with Crippen molar-refractivity contribution in [1.29, 1.82) is 0 Å². The van der Waals surface area contributed by atoms with E-state index in [1.165, 1.54) is 23.0 Å². The Morgan fingerprint density at radius 2 is 1.90 bits per heavy atom. The number of nitrogens with zero attached hydrogens (tertiary/aromatic N) is 4. The van der Waals surface area contributed by atoms with Gasteiger partial charge in [-0.3, -0.25) is 14.2 Å². The molecule has 30 heavy (non-hydrogen) atoms. The second kappa shape index (κ2) is 8.27. The van der Waals surface area contributed by atoms with Gasteiger partial charge in [-0.05, 0) is 31.2 Å². The first-order valence-electron chi connectivity index (χ1n) is 9.77. The zero-order chi connectivity index (χ0) is 21.3. The number of fused-ring (bicyclic) bond motifs is 1. The minimum atomic E-state index is -0.317. The second-order valence-corrected chi connectivity index (χ2v) is 7.20. The van der Waals surface area contributed by atoms with Crippen LogP contribution in [0.25, 0.3) is 11.1 Å². The molecule has 1 saturated heterocycles. The summed E-state index contributed by atoms with van der Waals surface area (Å²) in [5.74, 6) is -0.141. The van der Waals surface area contributed by atoms with Crippen LogP contribution in [0.1, 0.15) is 16.1 Å². The third-order valence-electron chi connectivity index (χ3n) is 5.36. The van der Waals surface area contributed by atoms with E-state index in [9.17, 15) is 14.0 Å². The Labute approximate surface area is 172 Å². The molecule has 0 spiro atoms. The number of furan rings is 1. The number of anilines is 1. The van der Waals surface area contributed by atoms with Gasteiger partial charge in [0.15, 0.2) is 0 Å². The van der Waals surface area contributed by atoms with E-state index in [2.05, 4.69) is 9.88 Å². The Balaban J connectivity index is 1.57. The number of hydrogen-bond acceptors (Lipinski definition) is 6. The number of carbonyl (C=O) groups is 1. The number of aromatic nitrogens is 2. The number of methoxy groups -OCH3 is 1. The highest BCUT2D eigenvalue weighted by Gasteiger charge is 2.29. The van der Waals surface area contributed by atoms with Crippen molar-refractivity contribution < 1.29 is 18.3 Å². The van der Waals surface area contributed by atoms with E-state index < -0.39 is 0 Å². The summed E-state index contributed by atoms with van der Waals surface area (Å²) in [5.41, 5.74) is 1.03. The lowest BCUT2D eigenvalue weighted by atomic mass is 10.1. The van der Waals surface area contributed by atoms with E-state index in [-0.39, 0.29) is 33.9 Å². The summed E-state index contributed by atoms with van der Waals surface area (Å²) in [6.07, 6.45) is 1.41. The van der Waals surface area contributed by atoms with Crippen LogP contribution in [-0.2, 0) is 11.3 Å². The summed E-state index contributed by atoms with van der Waals surface area (Å²) in [6, 6.07) is 6.31. The number of ether oxygens (including phenoxy) is 1. The predicted molar refractivity (Wildman–Crippen MR) is 109 cm³/mol. The van der Waals surface area contributed by atoms with Gasteiger partial charge in [0.1, 0.15) is 23.3 Å². The lowest BCUT2D eigenvalue weighted by molar-refractivity contribution is 0.0746. The number of rotatable bonds is 5. The molecule has 0 N–H and O–H groups in total. The van der Waals surface area contributed by atoms with E-state index in [1.54, 1.807) is 31.1 Å². The Hall–Kier alpha value is -3.20. The fraction of sp³-hybridized carbons (Fsp3) is 0.381. The molecule has 0 bridgehead atoms. The zero-order valence-electron chi connectivity index (χ0n) is 16.9. The minimum absolute atomic E-state index is 0.166. The summed E-state index contributed by atoms with van der Waals surface area (Å²) < 4.78 is 25.2. The largest absolute Gasteiger partial charge is 0.442 e. The van der Waals surface area contributed by atoms with Crippen molar-refractivity contribution in [2.45, 2.75) is 13.5 Å². The summed E-state index contributed by atoms with van der Waals surface area (Å²) in [4.78, 5) is 34.2. The van der Waals surface area contributed by atoms with Crippen LogP contribution in [0, 0.1) is 12.7 Å². The van der Waals surface area contributed by atoms with Gasteiger partial charge >= 0.3 is 0 Å². The molecular weight excluding hydrogens is 391 g/mol. The minimum Gasteiger partial charge on any atom is -0.442 e. The Kier molecular flexibility index (Phi) is 5.54.